The molecule has 0 bridgehead atoms. The van der Waals surface area contributed by atoms with E-state index in [0.29, 0.717) is 6.61 Å². The van der Waals surface area contributed by atoms with Gasteiger partial charge in [-0.25, -0.2) is 0 Å². The van der Waals surface area contributed by atoms with Gasteiger partial charge < -0.3 is 10.4 Å². The van der Waals surface area contributed by atoms with E-state index in [-0.39, 0.29) is 11.5 Å². The van der Waals surface area contributed by atoms with Crippen molar-refractivity contribution in [3.8, 4) is 0 Å². The summed E-state index contributed by atoms with van der Waals surface area (Å²) >= 11 is 3.58. The van der Waals surface area contributed by atoms with Crippen LogP contribution in [0.1, 0.15) is 28.6 Å². The van der Waals surface area contributed by atoms with Crippen molar-refractivity contribution in [2.45, 2.75) is 18.9 Å². The maximum atomic E-state index is 9.40. The molecule has 0 aromatic carbocycles. The van der Waals surface area contributed by atoms with Crippen molar-refractivity contribution in [3.63, 3.8) is 0 Å². The monoisotopic (exact) mass is 279 g/mol. The molecule has 1 aliphatic rings. The normalized spacial score (nSPS) is 17.2. The summed E-state index contributed by atoms with van der Waals surface area (Å²) < 4.78 is 0. The SMILES string of the molecule is OCC1(CNC(c2cccs2)c2cccs2)CC1. The van der Waals surface area contributed by atoms with Crippen LogP contribution in [0.5, 0.6) is 0 Å². The minimum Gasteiger partial charge on any atom is -0.396 e. The molecule has 1 aliphatic carbocycles. The molecule has 1 fully saturated rings. The first-order valence-corrected chi connectivity index (χ1v) is 8.00. The van der Waals surface area contributed by atoms with Crippen molar-refractivity contribution in [2.75, 3.05) is 13.2 Å². The topological polar surface area (TPSA) is 32.3 Å². The Morgan fingerprint density at radius 1 is 1.17 bits per heavy atom. The Kier molecular flexibility index (Phi) is 3.52. The Balaban J connectivity index is 1.74. The third kappa shape index (κ3) is 2.52. The second kappa shape index (κ2) is 5.13. The molecule has 0 spiro atoms. The molecule has 0 unspecified atom stereocenters. The van der Waals surface area contributed by atoms with E-state index >= 15 is 0 Å². The molecule has 4 heteroatoms. The van der Waals surface area contributed by atoms with E-state index in [4.69, 9.17) is 0 Å². The van der Waals surface area contributed by atoms with Crippen molar-refractivity contribution in [1.82, 2.24) is 5.32 Å². The molecule has 2 aromatic rings. The largest absolute Gasteiger partial charge is 0.396 e. The molecule has 0 amide bonds. The highest BCUT2D eigenvalue weighted by Gasteiger charge is 2.42. The number of thiophene rings is 2. The summed E-state index contributed by atoms with van der Waals surface area (Å²) in [7, 11) is 0. The lowest BCUT2D eigenvalue weighted by Crippen LogP contribution is -2.30. The zero-order chi connectivity index (χ0) is 12.4. The third-order valence-corrected chi connectivity index (χ3v) is 5.50. The molecule has 2 N–H and O–H groups in total. The maximum Gasteiger partial charge on any atom is 0.0765 e. The van der Waals surface area contributed by atoms with Crippen LogP contribution in [0, 0.1) is 5.41 Å². The van der Waals surface area contributed by atoms with Gasteiger partial charge in [0, 0.05) is 28.3 Å². The van der Waals surface area contributed by atoms with Gasteiger partial charge in [-0.15, -0.1) is 22.7 Å². The Morgan fingerprint density at radius 3 is 2.17 bits per heavy atom. The zero-order valence-corrected chi connectivity index (χ0v) is 11.8. The molecule has 2 nitrogen and oxygen atoms in total. The predicted octanol–water partition coefficient (Wildman–Crippen LogP) is 3.26. The summed E-state index contributed by atoms with van der Waals surface area (Å²) in [4.78, 5) is 2.71. The first-order valence-electron chi connectivity index (χ1n) is 6.24. The summed E-state index contributed by atoms with van der Waals surface area (Å²) in [5.41, 5.74) is 0.159. The fourth-order valence-corrected chi connectivity index (χ4v) is 3.85. The van der Waals surface area contributed by atoms with Gasteiger partial charge in [0.15, 0.2) is 0 Å². The van der Waals surface area contributed by atoms with Crippen LogP contribution < -0.4 is 5.32 Å². The molecule has 0 aliphatic heterocycles. The molecule has 1 saturated carbocycles. The minimum absolute atomic E-state index is 0.159. The van der Waals surface area contributed by atoms with E-state index in [1.165, 1.54) is 9.75 Å². The number of rotatable bonds is 6. The number of nitrogens with one attached hydrogen (secondary N) is 1. The van der Waals surface area contributed by atoms with Gasteiger partial charge in [0.2, 0.25) is 0 Å². The minimum atomic E-state index is 0.159. The van der Waals surface area contributed by atoms with Crippen molar-refractivity contribution < 1.29 is 5.11 Å². The van der Waals surface area contributed by atoms with Gasteiger partial charge in [0.05, 0.1) is 6.04 Å². The van der Waals surface area contributed by atoms with Crippen molar-refractivity contribution in [3.05, 3.63) is 44.8 Å². The Hall–Kier alpha value is -0.680. The van der Waals surface area contributed by atoms with Gasteiger partial charge in [-0.2, -0.15) is 0 Å². The van der Waals surface area contributed by atoms with Crippen LogP contribution in [0.15, 0.2) is 35.0 Å². The molecule has 0 saturated heterocycles. The van der Waals surface area contributed by atoms with Gasteiger partial charge in [-0.05, 0) is 35.7 Å². The van der Waals surface area contributed by atoms with Crippen molar-refractivity contribution >= 4 is 22.7 Å². The van der Waals surface area contributed by atoms with Crippen LogP contribution in [-0.4, -0.2) is 18.3 Å². The van der Waals surface area contributed by atoms with E-state index in [1.807, 2.05) is 0 Å². The molecule has 0 atom stereocenters. The van der Waals surface area contributed by atoms with Gasteiger partial charge in [-0.3, -0.25) is 0 Å². The lowest BCUT2D eigenvalue weighted by Gasteiger charge is -2.20. The fraction of sp³-hybridized carbons (Fsp3) is 0.429. The summed E-state index contributed by atoms with van der Waals surface area (Å²) in [6.07, 6.45) is 2.30. The summed E-state index contributed by atoms with van der Waals surface area (Å²) in [6.45, 7) is 1.21. The highest BCUT2D eigenvalue weighted by Crippen LogP contribution is 2.45. The number of hydrogen-bond acceptors (Lipinski definition) is 4. The molecule has 18 heavy (non-hydrogen) atoms. The van der Waals surface area contributed by atoms with Crippen LogP contribution in [0.25, 0.3) is 0 Å². The van der Waals surface area contributed by atoms with Gasteiger partial charge in [-0.1, -0.05) is 12.1 Å². The molecule has 2 heterocycles. The molecule has 0 radical (unpaired) electrons. The van der Waals surface area contributed by atoms with E-state index in [0.717, 1.165) is 19.4 Å². The van der Waals surface area contributed by atoms with Crippen molar-refractivity contribution in [2.24, 2.45) is 5.41 Å². The van der Waals surface area contributed by atoms with E-state index in [2.05, 4.69) is 40.3 Å². The zero-order valence-electron chi connectivity index (χ0n) is 10.1. The first kappa shape index (κ1) is 12.4. The van der Waals surface area contributed by atoms with E-state index in [1.54, 1.807) is 22.7 Å². The summed E-state index contributed by atoms with van der Waals surface area (Å²) in [5.74, 6) is 0. The molecular formula is C14H17NOS2. The molecule has 96 valence electrons. The Labute approximate surface area is 115 Å². The number of hydrogen-bond donors (Lipinski definition) is 2. The smallest absolute Gasteiger partial charge is 0.0765 e. The summed E-state index contributed by atoms with van der Waals surface area (Å²) in [5, 5.41) is 17.3. The first-order chi connectivity index (χ1) is 8.83. The fourth-order valence-electron chi connectivity index (χ4n) is 2.14. The van der Waals surface area contributed by atoms with Gasteiger partial charge >= 0.3 is 0 Å². The average Bonchev–Trinajstić information content (AvgIpc) is 2.86. The lowest BCUT2D eigenvalue weighted by atomic mass is 10.1. The second-order valence-electron chi connectivity index (χ2n) is 5.00. The van der Waals surface area contributed by atoms with Crippen LogP contribution >= 0.6 is 22.7 Å². The van der Waals surface area contributed by atoms with Crippen molar-refractivity contribution in [1.29, 1.82) is 0 Å². The predicted molar refractivity (Wildman–Crippen MR) is 77.2 cm³/mol. The lowest BCUT2D eigenvalue weighted by molar-refractivity contribution is 0.206. The molecule has 2 aromatic heterocycles. The third-order valence-electron chi connectivity index (χ3n) is 3.63. The molecule has 3 rings (SSSR count). The van der Waals surface area contributed by atoms with Crippen LogP contribution in [0.3, 0.4) is 0 Å². The quantitative estimate of drug-likeness (QED) is 0.850. The standard InChI is InChI=1S/C14H17NOS2/c16-10-14(5-6-14)9-15-13(11-3-1-7-17-11)12-4-2-8-18-12/h1-4,7-8,13,15-16H,5-6,9-10H2. The Morgan fingerprint density at radius 2 is 1.78 bits per heavy atom. The number of aliphatic hydroxyl groups is 1. The average molecular weight is 279 g/mol. The number of aliphatic hydroxyl groups excluding tert-OH is 1. The van der Waals surface area contributed by atoms with Crippen LogP contribution in [0.4, 0.5) is 0 Å². The Bertz CT molecular complexity index is 440. The van der Waals surface area contributed by atoms with Crippen LogP contribution in [-0.2, 0) is 0 Å². The van der Waals surface area contributed by atoms with Gasteiger partial charge in [0.25, 0.3) is 0 Å². The maximum absolute atomic E-state index is 9.40. The van der Waals surface area contributed by atoms with Crippen LogP contribution in [0.2, 0.25) is 0 Å². The van der Waals surface area contributed by atoms with E-state index < -0.39 is 0 Å². The van der Waals surface area contributed by atoms with Gasteiger partial charge in [0.1, 0.15) is 0 Å². The highest BCUT2D eigenvalue weighted by molar-refractivity contribution is 7.11. The summed E-state index contributed by atoms with van der Waals surface area (Å²) in [6, 6.07) is 8.85. The second-order valence-corrected chi connectivity index (χ2v) is 6.96. The van der Waals surface area contributed by atoms with E-state index in [9.17, 15) is 5.11 Å². The highest BCUT2D eigenvalue weighted by atomic mass is 32.1. The molecular weight excluding hydrogens is 262 g/mol.